The fourth-order valence-corrected chi connectivity index (χ4v) is 3.18. The smallest absolute Gasteiger partial charge is 0.241 e. The topological polar surface area (TPSA) is 101 Å². The van der Waals surface area contributed by atoms with Crippen molar-refractivity contribution in [1.82, 2.24) is 14.9 Å². The van der Waals surface area contributed by atoms with Crippen LogP contribution in [0.1, 0.15) is 11.3 Å². The molecule has 102 valence electrons. The van der Waals surface area contributed by atoms with E-state index in [1.807, 2.05) is 0 Å². The van der Waals surface area contributed by atoms with Gasteiger partial charge in [-0.2, -0.15) is 5.10 Å². The van der Waals surface area contributed by atoms with Crippen LogP contribution in [0.15, 0.2) is 29.3 Å². The highest BCUT2D eigenvalue weighted by Crippen LogP contribution is 2.25. The first-order valence-corrected chi connectivity index (χ1v) is 7.30. The van der Waals surface area contributed by atoms with Gasteiger partial charge in [0.05, 0.1) is 17.1 Å². The molecule has 0 spiro atoms. The van der Waals surface area contributed by atoms with Crippen LogP contribution < -0.4 is 10.5 Å². The molecular weight excluding hydrogens is 288 g/mol. The minimum Gasteiger partial charge on any atom is -0.398 e. The van der Waals surface area contributed by atoms with Crippen LogP contribution in [-0.2, 0) is 16.6 Å². The number of nitrogens with one attached hydrogen (secondary N) is 2. The standard InChI is InChI=1S/C11H13ClN4O2S/c1-7-10(13)4-8(12)5-11(7)19(17,18)15-6-9-2-3-14-16-9/h2-5,15H,6,13H2,1H3,(H,14,16). The van der Waals surface area contributed by atoms with Crippen LogP contribution in [0.2, 0.25) is 5.02 Å². The van der Waals surface area contributed by atoms with Gasteiger partial charge in [0, 0.05) is 16.9 Å². The molecule has 0 aliphatic heterocycles. The van der Waals surface area contributed by atoms with Gasteiger partial charge >= 0.3 is 0 Å². The fourth-order valence-electron chi connectivity index (χ4n) is 1.59. The number of halogens is 1. The van der Waals surface area contributed by atoms with E-state index in [0.717, 1.165) is 0 Å². The Kier molecular flexibility index (Phi) is 3.79. The molecule has 0 amide bonds. The Hall–Kier alpha value is -1.57. The van der Waals surface area contributed by atoms with Crippen LogP contribution in [0.3, 0.4) is 0 Å². The number of rotatable bonds is 4. The average Bonchev–Trinajstić information content (AvgIpc) is 2.84. The number of hydrogen-bond acceptors (Lipinski definition) is 4. The predicted molar refractivity (Wildman–Crippen MR) is 73.2 cm³/mol. The Bertz CT molecular complexity index is 683. The number of sulfonamides is 1. The summed E-state index contributed by atoms with van der Waals surface area (Å²) < 4.78 is 26.8. The highest BCUT2D eigenvalue weighted by Gasteiger charge is 2.19. The number of nitrogen functional groups attached to an aromatic ring is 1. The molecule has 2 aromatic rings. The van der Waals surface area contributed by atoms with Crippen molar-refractivity contribution in [2.45, 2.75) is 18.4 Å². The summed E-state index contributed by atoms with van der Waals surface area (Å²) in [6.45, 7) is 1.75. The second kappa shape index (κ2) is 5.20. The maximum Gasteiger partial charge on any atom is 0.241 e. The molecule has 2 rings (SSSR count). The third-order valence-corrected chi connectivity index (χ3v) is 4.41. The molecular formula is C11H13ClN4O2S. The molecule has 0 atom stereocenters. The summed E-state index contributed by atoms with van der Waals surface area (Å²) in [5.74, 6) is 0. The first-order chi connectivity index (χ1) is 8.90. The molecule has 4 N–H and O–H groups in total. The summed E-state index contributed by atoms with van der Waals surface area (Å²) in [5.41, 5.74) is 7.19. The van der Waals surface area contributed by atoms with Crippen molar-refractivity contribution < 1.29 is 8.42 Å². The van der Waals surface area contributed by atoms with E-state index in [2.05, 4.69) is 14.9 Å². The second-order valence-electron chi connectivity index (χ2n) is 4.02. The fraction of sp³-hybridized carbons (Fsp3) is 0.182. The van der Waals surface area contributed by atoms with Crippen LogP contribution in [0.5, 0.6) is 0 Å². The Labute approximate surface area is 116 Å². The summed E-state index contributed by atoms with van der Waals surface area (Å²) in [6, 6.07) is 4.58. The zero-order valence-electron chi connectivity index (χ0n) is 10.1. The number of anilines is 1. The molecule has 6 nitrogen and oxygen atoms in total. The van der Waals surface area contributed by atoms with Gasteiger partial charge in [-0.3, -0.25) is 5.10 Å². The van der Waals surface area contributed by atoms with Crippen molar-refractivity contribution in [1.29, 1.82) is 0 Å². The second-order valence-corrected chi connectivity index (χ2v) is 6.20. The lowest BCUT2D eigenvalue weighted by Gasteiger charge is -2.11. The zero-order valence-corrected chi connectivity index (χ0v) is 11.7. The highest BCUT2D eigenvalue weighted by atomic mass is 35.5. The molecule has 1 aromatic carbocycles. The predicted octanol–water partition coefficient (Wildman–Crippen LogP) is 1.43. The van der Waals surface area contributed by atoms with Crippen LogP contribution in [-0.4, -0.2) is 18.6 Å². The van der Waals surface area contributed by atoms with E-state index in [4.69, 9.17) is 17.3 Å². The van der Waals surface area contributed by atoms with Crippen molar-refractivity contribution in [3.8, 4) is 0 Å². The van der Waals surface area contributed by atoms with E-state index in [-0.39, 0.29) is 16.5 Å². The van der Waals surface area contributed by atoms with E-state index >= 15 is 0 Å². The van der Waals surface area contributed by atoms with Gasteiger partial charge in [0.1, 0.15) is 0 Å². The maximum absolute atomic E-state index is 12.2. The summed E-state index contributed by atoms with van der Waals surface area (Å²) in [7, 11) is -3.67. The van der Waals surface area contributed by atoms with Gasteiger partial charge in [0.2, 0.25) is 10.0 Å². The van der Waals surface area contributed by atoms with Crippen LogP contribution in [0, 0.1) is 6.92 Å². The minimum absolute atomic E-state index is 0.0806. The average molecular weight is 301 g/mol. The van der Waals surface area contributed by atoms with Gasteiger partial charge in [-0.05, 0) is 30.7 Å². The molecule has 8 heteroatoms. The highest BCUT2D eigenvalue weighted by molar-refractivity contribution is 7.89. The molecule has 0 unspecified atom stereocenters. The third kappa shape index (κ3) is 3.06. The van der Waals surface area contributed by atoms with Crippen LogP contribution in [0.25, 0.3) is 0 Å². The molecule has 0 aliphatic carbocycles. The number of hydrogen-bond donors (Lipinski definition) is 3. The Balaban J connectivity index is 2.29. The largest absolute Gasteiger partial charge is 0.398 e. The van der Waals surface area contributed by atoms with Gasteiger partial charge in [-0.25, -0.2) is 13.1 Å². The van der Waals surface area contributed by atoms with Gasteiger partial charge in [-0.1, -0.05) is 11.6 Å². The molecule has 0 saturated heterocycles. The molecule has 0 aliphatic rings. The molecule has 0 saturated carbocycles. The Morgan fingerprint density at radius 1 is 1.47 bits per heavy atom. The van der Waals surface area contributed by atoms with Crippen LogP contribution in [0.4, 0.5) is 5.69 Å². The number of H-pyrrole nitrogens is 1. The monoisotopic (exact) mass is 300 g/mol. The zero-order chi connectivity index (χ0) is 14.0. The van der Waals surface area contributed by atoms with Crippen molar-refractivity contribution >= 4 is 27.3 Å². The van der Waals surface area contributed by atoms with E-state index in [0.29, 0.717) is 16.9 Å². The lowest BCUT2D eigenvalue weighted by molar-refractivity contribution is 0.580. The molecule has 1 aromatic heterocycles. The number of nitrogens with zero attached hydrogens (tertiary/aromatic N) is 1. The van der Waals surface area contributed by atoms with Gasteiger partial charge < -0.3 is 5.73 Å². The van der Waals surface area contributed by atoms with Gasteiger partial charge in [0.15, 0.2) is 0 Å². The van der Waals surface area contributed by atoms with Crippen LogP contribution >= 0.6 is 11.6 Å². The van der Waals surface area contributed by atoms with E-state index in [1.165, 1.54) is 12.1 Å². The van der Waals surface area contributed by atoms with E-state index in [9.17, 15) is 8.42 Å². The molecule has 0 fully saturated rings. The number of aromatic nitrogens is 2. The summed E-state index contributed by atoms with van der Waals surface area (Å²) in [5, 5.41) is 6.69. The third-order valence-electron chi connectivity index (χ3n) is 2.67. The first-order valence-electron chi connectivity index (χ1n) is 5.43. The van der Waals surface area contributed by atoms with E-state index in [1.54, 1.807) is 19.2 Å². The van der Waals surface area contributed by atoms with E-state index < -0.39 is 10.0 Å². The maximum atomic E-state index is 12.2. The van der Waals surface area contributed by atoms with Crippen molar-refractivity contribution in [3.63, 3.8) is 0 Å². The molecule has 19 heavy (non-hydrogen) atoms. The van der Waals surface area contributed by atoms with Crippen molar-refractivity contribution in [2.75, 3.05) is 5.73 Å². The van der Waals surface area contributed by atoms with Gasteiger partial charge in [-0.15, -0.1) is 0 Å². The first kappa shape index (κ1) is 13.9. The quantitative estimate of drug-likeness (QED) is 0.744. The number of nitrogens with two attached hydrogens (primary N) is 1. The Morgan fingerprint density at radius 3 is 2.84 bits per heavy atom. The number of aromatic amines is 1. The Morgan fingerprint density at radius 2 is 2.21 bits per heavy atom. The lowest BCUT2D eigenvalue weighted by Crippen LogP contribution is -2.24. The van der Waals surface area contributed by atoms with Gasteiger partial charge in [0.25, 0.3) is 0 Å². The summed E-state index contributed by atoms with van der Waals surface area (Å²) in [4.78, 5) is 0.0806. The number of benzene rings is 1. The summed E-state index contributed by atoms with van der Waals surface area (Å²) in [6.07, 6.45) is 1.55. The lowest BCUT2D eigenvalue weighted by atomic mass is 10.2. The minimum atomic E-state index is -3.67. The molecule has 0 bridgehead atoms. The SMILES string of the molecule is Cc1c(N)cc(Cl)cc1S(=O)(=O)NCc1ccn[nH]1. The van der Waals surface area contributed by atoms with Crippen molar-refractivity contribution in [3.05, 3.63) is 40.7 Å². The molecule has 0 radical (unpaired) electrons. The van der Waals surface area contributed by atoms with Crippen molar-refractivity contribution in [2.24, 2.45) is 0 Å². The molecule has 1 heterocycles. The summed E-state index contributed by atoms with van der Waals surface area (Å²) >= 11 is 5.84. The normalized spacial score (nSPS) is 11.7.